The molecule has 1 saturated heterocycles. The summed E-state index contributed by atoms with van der Waals surface area (Å²) in [5.74, 6) is 6.37. The zero-order valence-corrected chi connectivity index (χ0v) is 17.1. The Balaban J connectivity index is 1.46. The van der Waals surface area contributed by atoms with Gasteiger partial charge in [-0.25, -0.2) is 9.18 Å². The fraction of sp³-hybridized carbons (Fsp3) is 0.360. The minimum absolute atomic E-state index is 0.261. The lowest BCUT2D eigenvalue weighted by Gasteiger charge is -2.51. The van der Waals surface area contributed by atoms with Gasteiger partial charge in [-0.2, -0.15) is 5.26 Å². The summed E-state index contributed by atoms with van der Waals surface area (Å²) >= 11 is 0. The topological polar surface area (TPSA) is 76.4 Å². The molecule has 0 aromatic heterocycles. The molecule has 2 amide bonds. The standard InChI is InChI=1S/C25H24FN3O2/c26-20-11-13-21(14-12-20)28-25(31)29-22(15-27)24(23(29)16-30)19-9-7-18(8-10-19)6-5-17-3-1-2-4-17/h7-14,17,22-24,30H,1-4,16H2,(H,28,31)/t22-,23-,24-/m0/s1. The van der Waals surface area contributed by atoms with Crippen molar-refractivity contribution in [2.24, 2.45) is 5.92 Å². The maximum absolute atomic E-state index is 13.1. The van der Waals surface area contributed by atoms with Crippen molar-refractivity contribution in [2.75, 3.05) is 11.9 Å². The minimum Gasteiger partial charge on any atom is -0.394 e. The number of anilines is 1. The number of hydrogen-bond donors (Lipinski definition) is 2. The summed E-state index contributed by atoms with van der Waals surface area (Å²) in [5.41, 5.74) is 2.24. The summed E-state index contributed by atoms with van der Waals surface area (Å²) < 4.78 is 13.1. The van der Waals surface area contributed by atoms with Crippen LogP contribution in [0.1, 0.15) is 42.7 Å². The molecular formula is C25H24FN3O2. The number of benzene rings is 2. The van der Waals surface area contributed by atoms with Crippen molar-refractivity contribution in [3.8, 4) is 17.9 Å². The van der Waals surface area contributed by atoms with E-state index in [0.29, 0.717) is 11.6 Å². The Kier molecular flexibility index (Phi) is 6.21. The maximum Gasteiger partial charge on any atom is 0.323 e. The normalized spacial score (nSPS) is 22.7. The summed E-state index contributed by atoms with van der Waals surface area (Å²) in [6.07, 6.45) is 4.85. The van der Waals surface area contributed by atoms with Gasteiger partial charge in [-0.05, 0) is 54.8 Å². The number of aliphatic hydroxyl groups is 1. The molecule has 2 fully saturated rings. The Morgan fingerprint density at radius 2 is 1.81 bits per heavy atom. The maximum atomic E-state index is 13.1. The minimum atomic E-state index is -0.701. The van der Waals surface area contributed by atoms with Gasteiger partial charge >= 0.3 is 6.03 Å². The molecule has 0 spiro atoms. The molecule has 0 unspecified atom stereocenters. The van der Waals surface area contributed by atoms with E-state index in [1.807, 2.05) is 24.3 Å². The quantitative estimate of drug-likeness (QED) is 0.733. The van der Waals surface area contributed by atoms with Crippen LogP contribution < -0.4 is 5.32 Å². The summed E-state index contributed by atoms with van der Waals surface area (Å²) in [6.45, 7) is -0.261. The number of amides is 2. The number of halogens is 1. The predicted octanol–water partition coefficient (Wildman–Crippen LogP) is 4.25. The first-order valence-electron chi connectivity index (χ1n) is 10.6. The number of nitriles is 1. The molecule has 2 aromatic carbocycles. The Morgan fingerprint density at radius 1 is 1.13 bits per heavy atom. The SMILES string of the molecule is N#C[C@H]1[C@H](c2ccc(C#CC3CCCC3)cc2)[C@H](CO)N1C(=O)Nc1ccc(F)cc1. The smallest absolute Gasteiger partial charge is 0.323 e. The molecule has 1 aliphatic heterocycles. The van der Waals surface area contributed by atoms with Gasteiger partial charge in [0.25, 0.3) is 0 Å². The van der Waals surface area contributed by atoms with Gasteiger partial charge in [0.1, 0.15) is 11.9 Å². The fourth-order valence-electron chi connectivity index (χ4n) is 4.45. The molecule has 4 rings (SSSR count). The molecule has 1 heterocycles. The highest BCUT2D eigenvalue weighted by molar-refractivity contribution is 5.91. The number of carbonyl (C=O) groups is 1. The fourth-order valence-corrected chi connectivity index (χ4v) is 4.45. The average Bonchev–Trinajstić information content (AvgIpc) is 3.28. The first-order valence-corrected chi connectivity index (χ1v) is 10.6. The average molecular weight is 417 g/mol. The molecule has 1 saturated carbocycles. The Morgan fingerprint density at radius 3 is 2.42 bits per heavy atom. The molecule has 0 bridgehead atoms. The largest absolute Gasteiger partial charge is 0.394 e. The molecule has 1 aliphatic carbocycles. The van der Waals surface area contributed by atoms with Crippen LogP contribution in [0, 0.1) is 34.9 Å². The third-order valence-corrected chi connectivity index (χ3v) is 6.13. The van der Waals surface area contributed by atoms with Gasteiger partial charge in [-0.3, -0.25) is 0 Å². The summed E-state index contributed by atoms with van der Waals surface area (Å²) in [6, 6.07) is 13.6. The van der Waals surface area contributed by atoms with Crippen LogP contribution >= 0.6 is 0 Å². The number of nitrogens with one attached hydrogen (secondary N) is 1. The van der Waals surface area contributed by atoms with Gasteiger partial charge in [0.2, 0.25) is 0 Å². The second-order valence-electron chi connectivity index (χ2n) is 8.07. The Bertz CT molecular complexity index is 1030. The number of carbonyl (C=O) groups excluding carboxylic acids is 1. The van der Waals surface area contributed by atoms with Crippen LogP contribution in [0.3, 0.4) is 0 Å². The lowest BCUT2D eigenvalue weighted by molar-refractivity contribution is 0.0224. The van der Waals surface area contributed by atoms with Crippen LogP contribution in [0.15, 0.2) is 48.5 Å². The number of aliphatic hydroxyl groups excluding tert-OH is 1. The van der Waals surface area contributed by atoms with Crippen molar-refractivity contribution < 1.29 is 14.3 Å². The van der Waals surface area contributed by atoms with Gasteiger partial charge in [0, 0.05) is 23.1 Å². The van der Waals surface area contributed by atoms with Crippen molar-refractivity contribution in [3.05, 3.63) is 65.5 Å². The van der Waals surface area contributed by atoms with E-state index < -0.39 is 23.9 Å². The highest BCUT2D eigenvalue weighted by Crippen LogP contribution is 2.40. The number of rotatable bonds is 3. The van der Waals surface area contributed by atoms with E-state index in [1.54, 1.807) is 0 Å². The van der Waals surface area contributed by atoms with E-state index in [-0.39, 0.29) is 12.5 Å². The number of nitrogens with zero attached hydrogens (tertiary/aromatic N) is 2. The van der Waals surface area contributed by atoms with Crippen molar-refractivity contribution in [3.63, 3.8) is 0 Å². The van der Waals surface area contributed by atoms with Crippen molar-refractivity contribution in [1.29, 1.82) is 5.26 Å². The third kappa shape index (κ3) is 4.40. The van der Waals surface area contributed by atoms with E-state index in [0.717, 1.165) is 11.1 Å². The van der Waals surface area contributed by atoms with Gasteiger partial charge in [-0.15, -0.1) is 0 Å². The van der Waals surface area contributed by atoms with Crippen LogP contribution in [-0.2, 0) is 0 Å². The molecule has 2 N–H and O–H groups in total. The molecule has 3 atom stereocenters. The second-order valence-corrected chi connectivity index (χ2v) is 8.07. The first-order chi connectivity index (χ1) is 15.1. The summed E-state index contributed by atoms with van der Waals surface area (Å²) in [7, 11) is 0. The van der Waals surface area contributed by atoms with E-state index in [2.05, 4.69) is 23.2 Å². The van der Waals surface area contributed by atoms with E-state index in [9.17, 15) is 19.6 Å². The predicted molar refractivity (Wildman–Crippen MR) is 116 cm³/mol. The molecule has 0 radical (unpaired) electrons. The molecule has 2 aromatic rings. The van der Waals surface area contributed by atoms with Crippen LogP contribution in [0.25, 0.3) is 0 Å². The van der Waals surface area contributed by atoms with Crippen LogP contribution in [0.4, 0.5) is 14.9 Å². The zero-order valence-electron chi connectivity index (χ0n) is 17.1. The molecule has 5 nitrogen and oxygen atoms in total. The van der Waals surface area contributed by atoms with Crippen molar-refractivity contribution in [1.82, 2.24) is 4.90 Å². The van der Waals surface area contributed by atoms with Crippen LogP contribution in [0.2, 0.25) is 0 Å². The zero-order chi connectivity index (χ0) is 21.8. The van der Waals surface area contributed by atoms with E-state index >= 15 is 0 Å². The molecule has 6 heteroatoms. The molecule has 158 valence electrons. The summed E-state index contributed by atoms with van der Waals surface area (Å²) in [4.78, 5) is 14.0. The lowest BCUT2D eigenvalue weighted by atomic mass is 9.76. The second kappa shape index (κ2) is 9.20. The molecule has 2 aliphatic rings. The van der Waals surface area contributed by atoms with Crippen molar-refractivity contribution in [2.45, 2.75) is 43.7 Å². The van der Waals surface area contributed by atoms with Gasteiger partial charge < -0.3 is 15.3 Å². The Hall–Kier alpha value is -3.35. The number of likely N-dealkylation sites (tertiary alicyclic amines) is 1. The molecular weight excluding hydrogens is 393 g/mol. The van der Waals surface area contributed by atoms with Crippen LogP contribution in [0.5, 0.6) is 0 Å². The van der Waals surface area contributed by atoms with E-state index in [1.165, 1.54) is 54.8 Å². The first kappa shape index (κ1) is 20.9. The van der Waals surface area contributed by atoms with E-state index in [4.69, 9.17) is 0 Å². The highest BCUT2D eigenvalue weighted by atomic mass is 19.1. The van der Waals surface area contributed by atoms with Crippen molar-refractivity contribution >= 4 is 11.7 Å². The number of urea groups is 1. The lowest BCUT2D eigenvalue weighted by Crippen LogP contribution is -2.66. The third-order valence-electron chi connectivity index (χ3n) is 6.13. The highest BCUT2D eigenvalue weighted by Gasteiger charge is 2.51. The van der Waals surface area contributed by atoms with Gasteiger partial charge in [-0.1, -0.05) is 36.8 Å². The molecule has 31 heavy (non-hydrogen) atoms. The Labute approximate surface area is 181 Å². The van der Waals surface area contributed by atoms with Gasteiger partial charge in [0.05, 0.1) is 18.7 Å². The summed E-state index contributed by atoms with van der Waals surface area (Å²) in [5, 5.41) is 22.3. The number of hydrogen-bond acceptors (Lipinski definition) is 3. The monoisotopic (exact) mass is 417 g/mol. The van der Waals surface area contributed by atoms with Gasteiger partial charge in [0.15, 0.2) is 0 Å². The van der Waals surface area contributed by atoms with Crippen LogP contribution in [-0.4, -0.2) is 34.7 Å².